The van der Waals surface area contributed by atoms with Gasteiger partial charge >= 0.3 is 12.0 Å². The number of carboxylic acids is 1. The second-order valence-electron chi connectivity index (χ2n) is 3.38. The number of hydrogen-bond acceptors (Lipinski definition) is 4. The van der Waals surface area contributed by atoms with Gasteiger partial charge in [0.25, 0.3) is 0 Å². The van der Waals surface area contributed by atoms with Gasteiger partial charge in [-0.25, -0.2) is 9.78 Å². The molecular weight excluding hydrogens is 212 g/mol. The van der Waals surface area contributed by atoms with Gasteiger partial charge in [0.05, 0.1) is 6.20 Å². The summed E-state index contributed by atoms with van der Waals surface area (Å²) >= 11 is 0. The highest BCUT2D eigenvalue weighted by atomic mass is 16.4. The molecule has 6 heteroatoms. The van der Waals surface area contributed by atoms with Crippen molar-refractivity contribution in [1.82, 2.24) is 4.98 Å². The van der Waals surface area contributed by atoms with Crippen molar-refractivity contribution in [1.29, 1.82) is 0 Å². The number of nitrogens with zero attached hydrogens (tertiary/aromatic N) is 2. The summed E-state index contributed by atoms with van der Waals surface area (Å²) in [6.45, 7) is 0.314. The zero-order valence-corrected chi connectivity index (χ0v) is 8.21. The molecule has 1 unspecified atom stereocenters. The lowest BCUT2D eigenvalue weighted by atomic mass is 10.1. The van der Waals surface area contributed by atoms with Crippen molar-refractivity contribution in [2.24, 2.45) is 5.92 Å². The van der Waals surface area contributed by atoms with E-state index in [-0.39, 0.29) is 30.0 Å². The average molecular weight is 220 g/mol. The number of rotatable bonds is 2. The van der Waals surface area contributed by atoms with Crippen LogP contribution in [-0.4, -0.2) is 28.5 Å². The fourth-order valence-corrected chi connectivity index (χ4v) is 1.49. The van der Waals surface area contributed by atoms with Crippen LogP contribution in [0.2, 0.25) is 0 Å². The molecule has 1 fully saturated rings. The molecule has 1 aliphatic heterocycles. The Morgan fingerprint density at radius 2 is 2.50 bits per heavy atom. The number of carbonyl (C=O) groups is 2. The molecule has 0 bridgehead atoms. The van der Waals surface area contributed by atoms with Gasteiger partial charge < -0.3 is 9.52 Å². The standard InChI is InChI=1S/C10H8N2O4/c1-2-6-3-8(13)12(5-6)10-11-4-7(16-10)9(14)15/h1,4,6H,3,5H2,(H,14,15). The first-order valence-corrected chi connectivity index (χ1v) is 4.57. The second-order valence-corrected chi connectivity index (χ2v) is 3.38. The molecule has 16 heavy (non-hydrogen) atoms. The van der Waals surface area contributed by atoms with Crippen molar-refractivity contribution in [3.8, 4) is 12.3 Å². The number of carboxylic acid groups (broad SMARTS) is 1. The Morgan fingerprint density at radius 3 is 3.00 bits per heavy atom. The molecule has 1 aliphatic rings. The van der Waals surface area contributed by atoms with Gasteiger partial charge in [-0.05, 0) is 0 Å². The van der Waals surface area contributed by atoms with Crippen LogP contribution in [0.5, 0.6) is 0 Å². The van der Waals surface area contributed by atoms with Crippen molar-refractivity contribution in [3.05, 3.63) is 12.0 Å². The van der Waals surface area contributed by atoms with Crippen molar-refractivity contribution in [3.63, 3.8) is 0 Å². The van der Waals surface area contributed by atoms with Gasteiger partial charge in [0.2, 0.25) is 11.7 Å². The van der Waals surface area contributed by atoms with Crippen molar-refractivity contribution < 1.29 is 19.1 Å². The number of aromatic carboxylic acids is 1. The van der Waals surface area contributed by atoms with Gasteiger partial charge in [-0.2, -0.15) is 0 Å². The number of hydrogen-bond donors (Lipinski definition) is 1. The third-order valence-electron chi connectivity index (χ3n) is 2.30. The maximum atomic E-state index is 11.5. The topological polar surface area (TPSA) is 83.6 Å². The monoisotopic (exact) mass is 220 g/mol. The smallest absolute Gasteiger partial charge is 0.373 e. The number of amides is 1. The first kappa shape index (κ1) is 10.2. The molecular formula is C10H8N2O4. The Bertz CT molecular complexity index is 485. The van der Waals surface area contributed by atoms with E-state index in [1.54, 1.807) is 0 Å². The van der Waals surface area contributed by atoms with Crippen LogP contribution in [0.1, 0.15) is 17.0 Å². The van der Waals surface area contributed by atoms with E-state index < -0.39 is 5.97 Å². The van der Waals surface area contributed by atoms with Gasteiger partial charge in [0.1, 0.15) is 0 Å². The minimum atomic E-state index is -1.22. The largest absolute Gasteiger partial charge is 0.475 e. The molecule has 2 rings (SSSR count). The molecule has 0 aromatic carbocycles. The van der Waals surface area contributed by atoms with E-state index in [0.29, 0.717) is 6.54 Å². The Kier molecular flexibility index (Phi) is 2.37. The number of carbonyl (C=O) groups excluding carboxylic acids is 1. The Morgan fingerprint density at radius 1 is 1.75 bits per heavy atom. The van der Waals surface area contributed by atoms with E-state index in [1.807, 2.05) is 0 Å². The van der Waals surface area contributed by atoms with Gasteiger partial charge in [-0.15, -0.1) is 12.3 Å². The van der Waals surface area contributed by atoms with Gasteiger partial charge in [-0.3, -0.25) is 9.69 Å². The molecule has 1 saturated heterocycles. The van der Waals surface area contributed by atoms with Crippen LogP contribution in [0.4, 0.5) is 6.01 Å². The van der Waals surface area contributed by atoms with Crippen LogP contribution in [0.15, 0.2) is 10.6 Å². The molecule has 1 aromatic heterocycles. The first-order chi connectivity index (χ1) is 7.61. The molecule has 82 valence electrons. The maximum absolute atomic E-state index is 11.5. The fourth-order valence-electron chi connectivity index (χ4n) is 1.49. The van der Waals surface area contributed by atoms with Crippen molar-refractivity contribution in [2.45, 2.75) is 6.42 Å². The van der Waals surface area contributed by atoms with Gasteiger partial charge in [-0.1, -0.05) is 0 Å². The molecule has 0 spiro atoms. The highest BCUT2D eigenvalue weighted by Crippen LogP contribution is 2.24. The van der Waals surface area contributed by atoms with Crippen molar-refractivity contribution >= 4 is 17.9 Å². The SMILES string of the molecule is C#CC1CC(=O)N(c2ncc(C(=O)O)o2)C1. The van der Waals surface area contributed by atoms with E-state index in [0.717, 1.165) is 6.20 Å². The van der Waals surface area contributed by atoms with Crippen LogP contribution in [0.3, 0.4) is 0 Å². The summed E-state index contributed by atoms with van der Waals surface area (Å²) < 4.78 is 4.92. The summed E-state index contributed by atoms with van der Waals surface area (Å²) in [5.74, 6) is 0.573. The molecule has 0 saturated carbocycles. The molecule has 0 aliphatic carbocycles. The van der Waals surface area contributed by atoms with E-state index in [4.69, 9.17) is 15.9 Å². The minimum Gasteiger partial charge on any atom is -0.475 e. The molecule has 6 nitrogen and oxygen atoms in total. The predicted molar refractivity (Wildman–Crippen MR) is 52.8 cm³/mol. The van der Waals surface area contributed by atoms with E-state index in [1.165, 1.54) is 4.90 Å². The third-order valence-corrected chi connectivity index (χ3v) is 2.30. The number of terminal acetylenes is 1. The molecule has 2 heterocycles. The van der Waals surface area contributed by atoms with E-state index in [9.17, 15) is 9.59 Å². The normalized spacial score (nSPS) is 19.8. The first-order valence-electron chi connectivity index (χ1n) is 4.57. The highest BCUT2D eigenvalue weighted by molar-refractivity contribution is 5.94. The molecule has 1 N–H and O–H groups in total. The molecule has 0 radical (unpaired) electrons. The lowest BCUT2D eigenvalue weighted by Crippen LogP contribution is -2.24. The molecule has 1 aromatic rings. The van der Waals surface area contributed by atoms with Gasteiger partial charge in [0.15, 0.2) is 0 Å². The van der Waals surface area contributed by atoms with Crippen LogP contribution in [-0.2, 0) is 4.79 Å². The summed E-state index contributed by atoms with van der Waals surface area (Å²) in [5, 5.41) is 8.64. The Hall–Kier alpha value is -2.29. The lowest BCUT2D eigenvalue weighted by Gasteiger charge is -2.09. The van der Waals surface area contributed by atoms with E-state index in [2.05, 4.69) is 10.9 Å². The molecule has 1 amide bonds. The van der Waals surface area contributed by atoms with Crippen molar-refractivity contribution in [2.75, 3.05) is 11.4 Å². The second kappa shape index (κ2) is 3.70. The Balaban J connectivity index is 2.22. The lowest BCUT2D eigenvalue weighted by molar-refractivity contribution is -0.117. The third kappa shape index (κ3) is 1.63. The summed E-state index contributed by atoms with van der Waals surface area (Å²) in [7, 11) is 0. The van der Waals surface area contributed by atoms with Crippen LogP contribution >= 0.6 is 0 Å². The fraction of sp³-hybridized carbons (Fsp3) is 0.300. The summed E-state index contributed by atoms with van der Waals surface area (Å²) in [5.41, 5.74) is 0. The molecule has 1 atom stereocenters. The number of anilines is 1. The minimum absolute atomic E-state index is 0.0137. The Labute approximate surface area is 90.9 Å². The van der Waals surface area contributed by atoms with Crippen LogP contribution in [0, 0.1) is 18.3 Å². The summed E-state index contributed by atoms with van der Waals surface area (Å²) in [6.07, 6.45) is 6.52. The van der Waals surface area contributed by atoms with Gasteiger partial charge in [0, 0.05) is 18.9 Å². The van der Waals surface area contributed by atoms with Crippen LogP contribution < -0.4 is 4.90 Å². The average Bonchev–Trinajstić information content (AvgIpc) is 2.83. The summed E-state index contributed by atoms with van der Waals surface area (Å²) in [4.78, 5) is 27.1. The zero-order valence-electron chi connectivity index (χ0n) is 8.21. The quantitative estimate of drug-likeness (QED) is 0.727. The number of aromatic nitrogens is 1. The highest BCUT2D eigenvalue weighted by Gasteiger charge is 2.32. The summed E-state index contributed by atoms with van der Waals surface area (Å²) in [6, 6.07) is -0.0137. The predicted octanol–water partition coefficient (Wildman–Crippen LogP) is 0.359. The van der Waals surface area contributed by atoms with E-state index >= 15 is 0 Å². The zero-order chi connectivity index (χ0) is 11.7. The van der Waals surface area contributed by atoms with Crippen LogP contribution in [0.25, 0.3) is 0 Å². The maximum Gasteiger partial charge on any atom is 0.373 e. The number of oxazole rings is 1.